The van der Waals surface area contributed by atoms with E-state index in [-0.39, 0.29) is 0 Å². The highest BCUT2D eigenvalue weighted by Gasteiger charge is 1.78. The molecule has 0 aromatic rings. The summed E-state index contributed by atoms with van der Waals surface area (Å²) in [6, 6.07) is 0. The standard InChI is InChI=1S/C6H15N.C4H10.C2H4/c1-3-4-5-6-7-2;1-4(2)3;1-2/h7H,3-6H2,1-2H3;4H,1-3H3;1-2H2. The van der Waals surface area contributed by atoms with Gasteiger partial charge in [-0.3, -0.25) is 0 Å². The normalized spacial score (nSPS) is 8.15. The Labute approximate surface area is 85.6 Å². The molecule has 0 fully saturated rings. The highest BCUT2D eigenvalue weighted by molar-refractivity contribution is 4.39. The van der Waals surface area contributed by atoms with Gasteiger partial charge in [-0.25, -0.2) is 0 Å². The average molecular weight is 187 g/mol. The Bertz CT molecular complexity index is 53.4. The van der Waals surface area contributed by atoms with Crippen molar-refractivity contribution in [3.63, 3.8) is 0 Å². The van der Waals surface area contributed by atoms with Crippen molar-refractivity contribution < 1.29 is 0 Å². The summed E-state index contributed by atoms with van der Waals surface area (Å²) in [5.74, 6) is 0.833. The minimum Gasteiger partial charge on any atom is -0.320 e. The Hall–Kier alpha value is -0.300. The van der Waals surface area contributed by atoms with Crippen molar-refractivity contribution in [2.75, 3.05) is 13.6 Å². The van der Waals surface area contributed by atoms with E-state index in [0.717, 1.165) is 5.92 Å². The first-order valence-corrected chi connectivity index (χ1v) is 5.29. The summed E-state index contributed by atoms with van der Waals surface area (Å²) < 4.78 is 0. The molecule has 1 N–H and O–H groups in total. The zero-order chi connectivity index (χ0) is 11.1. The molecule has 0 atom stereocenters. The van der Waals surface area contributed by atoms with Crippen LogP contribution >= 0.6 is 0 Å². The van der Waals surface area contributed by atoms with E-state index in [9.17, 15) is 0 Å². The molecule has 0 heterocycles. The summed E-state index contributed by atoms with van der Waals surface area (Å²) in [5, 5.41) is 3.10. The van der Waals surface area contributed by atoms with E-state index in [0.29, 0.717) is 0 Å². The molecule has 0 bridgehead atoms. The predicted molar refractivity (Wildman–Crippen MR) is 65.2 cm³/mol. The molecular weight excluding hydrogens is 158 g/mol. The fourth-order valence-corrected chi connectivity index (χ4v) is 0.552. The van der Waals surface area contributed by atoms with Gasteiger partial charge in [-0.1, -0.05) is 40.5 Å². The van der Waals surface area contributed by atoms with Crippen LogP contribution in [-0.2, 0) is 0 Å². The highest BCUT2D eigenvalue weighted by atomic mass is 14.8. The first-order valence-electron chi connectivity index (χ1n) is 5.29. The predicted octanol–water partition coefficient (Wildman–Crippen LogP) is 3.86. The van der Waals surface area contributed by atoms with Gasteiger partial charge >= 0.3 is 0 Å². The second-order valence-corrected chi connectivity index (χ2v) is 3.54. The molecule has 13 heavy (non-hydrogen) atoms. The number of hydrogen-bond donors (Lipinski definition) is 1. The molecule has 0 spiro atoms. The molecule has 82 valence electrons. The van der Waals surface area contributed by atoms with Crippen LogP contribution < -0.4 is 5.32 Å². The van der Waals surface area contributed by atoms with Crippen molar-refractivity contribution >= 4 is 0 Å². The molecule has 0 saturated carbocycles. The van der Waals surface area contributed by atoms with Crippen molar-refractivity contribution in [1.82, 2.24) is 5.32 Å². The summed E-state index contributed by atoms with van der Waals surface area (Å²) in [7, 11) is 2.00. The van der Waals surface area contributed by atoms with E-state index in [2.05, 4.69) is 46.2 Å². The summed E-state index contributed by atoms with van der Waals surface area (Å²) in [6.07, 6.45) is 4.01. The van der Waals surface area contributed by atoms with E-state index >= 15 is 0 Å². The lowest BCUT2D eigenvalue weighted by Gasteiger charge is -1.93. The molecule has 0 amide bonds. The second kappa shape index (κ2) is 22.6. The van der Waals surface area contributed by atoms with Crippen LogP contribution in [0.15, 0.2) is 13.2 Å². The van der Waals surface area contributed by atoms with E-state index < -0.39 is 0 Å². The van der Waals surface area contributed by atoms with Gasteiger partial charge < -0.3 is 5.32 Å². The number of nitrogens with one attached hydrogen (secondary N) is 1. The van der Waals surface area contributed by atoms with E-state index in [1.165, 1.54) is 25.8 Å². The minimum absolute atomic E-state index is 0.833. The van der Waals surface area contributed by atoms with Crippen molar-refractivity contribution in [1.29, 1.82) is 0 Å². The Balaban J connectivity index is -0.000000142. The SMILES string of the molecule is C=C.CC(C)C.CCCCCNC. The van der Waals surface area contributed by atoms with Gasteiger partial charge in [0.25, 0.3) is 0 Å². The first kappa shape index (κ1) is 18.5. The van der Waals surface area contributed by atoms with Crippen LogP contribution in [0.25, 0.3) is 0 Å². The van der Waals surface area contributed by atoms with Gasteiger partial charge in [-0.05, 0) is 25.9 Å². The molecule has 1 nitrogen and oxygen atoms in total. The van der Waals surface area contributed by atoms with E-state index in [1.807, 2.05) is 7.05 Å². The van der Waals surface area contributed by atoms with Crippen molar-refractivity contribution in [3.05, 3.63) is 13.2 Å². The number of rotatable bonds is 4. The maximum absolute atomic E-state index is 3.10. The average Bonchev–Trinajstić information content (AvgIpc) is 2.08. The lowest BCUT2D eigenvalue weighted by atomic mass is 10.2. The van der Waals surface area contributed by atoms with Gasteiger partial charge in [-0.2, -0.15) is 0 Å². The quantitative estimate of drug-likeness (QED) is 0.520. The van der Waals surface area contributed by atoms with E-state index in [4.69, 9.17) is 0 Å². The van der Waals surface area contributed by atoms with Crippen molar-refractivity contribution in [2.45, 2.75) is 47.0 Å². The fourth-order valence-electron chi connectivity index (χ4n) is 0.552. The topological polar surface area (TPSA) is 12.0 Å². The third kappa shape index (κ3) is 80.4. The summed E-state index contributed by atoms with van der Waals surface area (Å²) in [5.41, 5.74) is 0. The van der Waals surface area contributed by atoms with Gasteiger partial charge in [0.1, 0.15) is 0 Å². The Morgan fingerprint density at radius 2 is 1.46 bits per heavy atom. The Morgan fingerprint density at radius 1 is 1.08 bits per heavy atom. The highest BCUT2D eigenvalue weighted by Crippen LogP contribution is 1.89. The molecular formula is C12H29N. The van der Waals surface area contributed by atoms with Crippen molar-refractivity contribution in [2.24, 2.45) is 5.92 Å². The summed E-state index contributed by atoms with van der Waals surface area (Å²) >= 11 is 0. The number of unbranched alkanes of at least 4 members (excludes halogenated alkanes) is 2. The maximum Gasteiger partial charge on any atom is -0.00519 e. The Morgan fingerprint density at radius 3 is 1.69 bits per heavy atom. The minimum atomic E-state index is 0.833. The van der Waals surface area contributed by atoms with Gasteiger partial charge in [0.05, 0.1) is 0 Å². The smallest absolute Gasteiger partial charge is 0.00519 e. The van der Waals surface area contributed by atoms with Gasteiger partial charge in [0, 0.05) is 0 Å². The van der Waals surface area contributed by atoms with Gasteiger partial charge in [-0.15, -0.1) is 13.2 Å². The van der Waals surface area contributed by atoms with Crippen LogP contribution in [0.4, 0.5) is 0 Å². The second-order valence-electron chi connectivity index (χ2n) is 3.54. The van der Waals surface area contributed by atoms with Gasteiger partial charge in [0.2, 0.25) is 0 Å². The monoisotopic (exact) mass is 187 g/mol. The third-order valence-electron chi connectivity index (χ3n) is 1.03. The van der Waals surface area contributed by atoms with Crippen LogP contribution in [0.1, 0.15) is 47.0 Å². The van der Waals surface area contributed by atoms with Crippen LogP contribution in [0.2, 0.25) is 0 Å². The van der Waals surface area contributed by atoms with Gasteiger partial charge in [0.15, 0.2) is 0 Å². The van der Waals surface area contributed by atoms with Crippen molar-refractivity contribution in [3.8, 4) is 0 Å². The zero-order valence-electron chi connectivity index (χ0n) is 10.3. The molecule has 0 unspecified atom stereocenters. The lowest BCUT2D eigenvalue weighted by molar-refractivity contribution is 0.667. The van der Waals surface area contributed by atoms with Crippen LogP contribution in [0.3, 0.4) is 0 Å². The molecule has 0 aromatic heterocycles. The molecule has 0 aliphatic rings. The van der Waals surface area contributed by atoms with Crippen LogP contribution in [0, 0.1) is 5.92 Å². The van der Waals surface area contributed by atoms with Crippen LogP contribution in [-0.4, -0.2) is 13.6 Å². The molecule has 1 heteroatoms. The molecule has 0 aliphatic heterocycles. The Kier molecular flexibility index (Phi) is 32.1. The zero-order valence-corrected chi connectivity index (χ0v) is 10.3. The molecule has 0 radical (unpaired) electrons. The molecule has 0 aliphatic carbocycles. The summed E-state index contributed by atoms with van der Waals surface area (Å²) in [6.45, 7) is 15.9. The maximum atomic E-state index is 3.10. The molecule has 0 saturated heterocycles. The molecule has 0 rings (SSSR count). The number of hydrogen-bond acceptors (Lipinski definition) is 1. The lowest BCUT2D eigenvalue weighted by Crippen LogP contribution is -2.06. The summed E-state index contributed by atoms with van der Waals surface area (Å²) in [4.78, 5) is 0. The van der Waals surface area contributed by atoms with Crippen LogP contribution in [0.5, 0.6) is 0 Å². The third-order valence-corrected chi connectivity index (χ3v) is 1.03. The molecule has 0 aromatic carbocycles. The van der Waals surface area contributed by atoms with E-state index in [1.54, 1.807) is 0 Å². The fraction of sp³-hybridized carbons (Fsp3) is 0.833. The largest absolute Gasteiger partial charge is 0.320 e. The first-order chi connectivity index (χ1) is 6.15.